The van der Waals surface area contributed by atoms with Crippen LogP contribution in [-0.4, -0.2) is 29.3 Å². The summed E-state index contributed by atoms with van der Waals surface area (Å²) in [6, 6.07) is 6.53. The minimum atomic E-state index is -1.03. The first-order valence-electron chi connectivity index (χ1n) is 5.48. The quantitative estimate of drug-likeness (QED) is 0.848. The number of nitrogens with one attached hydrogen (secondary N) is 1. The number of carbonyl (C=O) groups is 2. The van der Waals surface area contributed by atoms with Crippen molar-refractivity contribution < 1.29 is 19.4 Å². The third-order valence-electron chi connectivity index (χ3n) is 2.56. The van der Waals surface area contributed by atoms with E-state index < -0.39 is 12.1 Å². The highest BCUT2D eigenvalue weighted by Crippen LogP contribution is 2.20. The van der Waals surface area contributed by atoms with Gasteiger partial charge in [0.1, 0.15) is 0 Å². The van der Waals surface area contributed by atoms with E-state index in [-0.39, 0.29) is 5.56 Å². The Labute approximate surface area is 109 Å². The second kappa shape index (κ2) is 5.26. The summed E-state index contributed by atoms with van der Waals surface area (Å²) >= 11 is 0. The van der Waals surface area contributed by atoms with Crippen LogP contribution in [0.2, 0.25) is 0 Å². The van der Waals surface area contributed by atoms with Gasteiger partial charge in [-0.3, -0.25) is 5.43 Å². The van der Waals surface area contributed by atoms with Crippen LogP contribution in [0, 0.1) is 0 Å². The number of rotatable bonds is 2. The molecule has 1 aromatic carbocycles. The molecule has 0 aromatic heterocycles. The Bertz CT molecular complexity index is 578. The second-order valence-electron chi connectivity index (χ2n) is 3.72. The average Bonchev–Trinajstić information content (AvgIpc) is 2.46. The van der Waals surface area contributed by atoms with Crippen LogP contribution < -0.4 is 5.43 Å². The molecular formula is C13H12N2O4. The summed E-state index contributed by atoms with van der Waals surface area (Å²) < 4.78 is 4.58. The minimum Gasteiger partial charge on any atom is -0.478 e. The van der Waals surface area contributed by atoms with E-state index in [0.717, 1.165) is 5.01 Å². The standard InChI is InChI=1S/C13H12N2O4/c1-19-13(18)15-8-4-7-11(14-15)9-5-2-3-6-10(9)12(16)17/h2-8,14H,1H3,(H,16,17). The number of carboxylic acid groups (broad SMARTS) is 1. The van der Waals surface area contributed by atoms with E-state index in [1.54, 1.807) is 30.4 Å². The SMILES string of the molecule is COC(=O)N1C=CC=C(c2ccccc2C(=O)O)N1. The number of hydrazine groups is 1. The number of methoxy groups -OCH3 is 1. The van der Waals surface area contributed by atoms with Gasteiger partial charge in [0.2, 0.25) is 0 Å². The largest absolute Gasteiger partial charge is 0.478 e. The Morgan fingerprint density at radius 3 is 2.74 bits per heavy atom. The first-order valence-corrected chi connectivity index (χ1v) is 5.48. The van der Waals surface area contributed by atoms with Crippen molar-refractivity contribution in [1.82, 2.24) is 10.4 Å². The molecule has 1 aliphatic heterocycles. The van der Waals surface area contributed by atoms with E-state index >= 15 is 0 Å². The van der Waals surface area contributed by atoms with Crippen LogP contribution >= 0.6 is 0 Å². The van der Waals surface area contributed by atoms with Gasteiger partial charge in [0.15, 0.2) is 0 Å². The maximum Gasteiger partial charge on any atom is 0.432 e. The summed E-state index contributed by atoms with van der Waals surface area (Å²) in [4.78, 5) is 22.6. The zero-order chi connectivity index (χ0) is 13.8. The van der Waals surface area contributed by atoms with Crippen molar-refractivity contribution in [1.29, 1.82) is 0 Å². The average molecular weight is 260 g/mol. The highest BCUT2D eigenvalue weighted by atomic mass is 16.5. The molecule has 0 unspecified atom stereocenters. The van der Waals surface area contributed by atoms with Crippen LogP contribution in [0.3, 0.4) is 0 Å². The Morgan fingerprint density at radius 2 is 2.05 bits per heavy atom. The van der Waals surface area contributed by atoms with Gasteiger partial charge in [-0.2, -0.15) is 5.01 Å². The fraction of sp³-hybridized carbons (Fsp3) is 0.0769. The van der Waals surface area contributed by atoms with Crippen molar-refractivity contribution in [2.24, 2.45) is 0 Å². The third-order valence-corrected chi connectivity index (χ3v) is 2.56. The molecule has 0 aliphatic carbocycles. The zero-order valence-electron chi connectivity index (χ0n) is 10.2. The summed E-state index contributed by atoms with van der Waals surface area (Å²) in [5.74, 6) is -1.03. The summed E-state index contributed by atoms with van der Waals surface area (Å²) in [5, 5.41) is 10.3. The van der Waals surface area contributed by atoms with E-state index in [2.05, 4.69) is 10.2 Å². The number of aromatic carboxylic acids is 1. The minimum absolute atomic E-state index is 0.154. The number of nitrogens with zero attached hydrogens (tertiary/aromatic N) is 1. The van der Waals surface area contributed by atoms with E-state index in [1.165, 1.54) is 19.4 Å². The molecule has 0 saturated heterocycles. The first-order chi connectivity index (χ1) is 9.13. The summed E-state index contributed by atoms with van der Waals surface area (Å²) in [6.45, 7) is 0. The fourth-order valence-corrected chi connectivity index (χ4v) is 1.69. The highest BCUT2D eigenvalue weighted by Gasteiger charge is 2.18. The third kappa shape index (κ3) is 2.57. The lowest BCUT2D eigenvalue weighted by Crippen LogP contribution is -2.39. The number of carbonyl (C=O) groups excluding carboxylic acids is 1. The predicted molar refractivity (Wildman–Crippen MR) is 67.9 cm³/mol. The maximum absolute atomic E-state index is 11.4. The van der Waals surface area contributed by atoms with Crippen LogP contribution in [-0.2, 0) is 4.74 Å². The molecule has 6 heteroatoms. The summed E-state index contributed by atoms with van der Waals surface area (Å²) in [6.07, 6.45) is 4.20. The monoisotopic (exact) mass is 260 g/mol. The highest BCUT2D eigenvalue weighted by molar-refractivity contribution is 5.94. The van der Waals surface area contributed by atoms with Crippen molar-refractivity contribution in [2.45, 2.75) is 0 Å². The van der Waals surface area contributed by atoms with Crippen molar-refractivity contribution in [3.63, 3.8) is 0 Å². The summed E-state index contributed by atoms with van der Waals surface area (Å²) in [5.41, 5.74) is 3.94. The molecule has 1 heterocycles. The molecule has 0 fully saturated rings. The van der Waals surface area contributed by atoms with Crippen molar-refractivity contribution in [3.8, 4) is 0 Å². The first kappa shape index (κ1) is 12.7. The van der Waals surface area contributed by atoms with E-state index in [9.17, 15) is 9.59 Å². The molecule has 2 N–H and O–H groups in total. The van der Waals surface area contributed by atoms with Crippen LogP contribution in [0.5, 0.6) is 0 Å². The zero-order valence-corrected chi connectivity index (χ0v) is 10.2. The Balaban J connectivity index is 2.33. The maximum atomic E-state index is 11.4. The smallest absolute Gasteiger partial charge is 0.432 e. The Hall–Kier alpha value is -2.76. The Kier molecular flexibility index (Phi) is 3.51. The van der Waals surface area contributed by atoms with Crippen molar-refractivity contribution in [2.75, 3.05) is 7.11 Å². The molecule has 6 nitrogen and oxygen atoms in total. The van der Waals surface area contributed by atoms with Gasteiger partial charge in [-0.25, -0.2) is 9.59 Å². The molecule has 98 valence electrons. The van der Waals surface area contributed by atoms with Crippen molar-refractivity contribution >= 4 is 17.8 Å². The number of allylic oxidation sites excluding steroid dienone is 2. The van der Waals surface area contributed by atoms with Crippen molar-refractivity contribution in [3.05, 3.63) is 53.7 Å². The molecule has 0 atom stereocenters. The fourth-order valence-electron chi connectivity index (χ4n) is 1.69. The number of carboxylic acids is 1. The second-order valence-corrected chi connectivity index (χ2v) is 3.72. The molecule has 2 rings (SSSR count). The number of amides is 1. The lowest BCUT2D eigenvalue weighted by Gasteiger charge is -2.24. The van der Waals surface area contributed by atoms with E-state index in [1.807, 2.05) is 0 Å². The van der Waals surface area contributed by atoms with E-state index in [0.29, 0.717) is 11.3 Å². The lowest BCUT2D eigenvalue weighted by atomic mass is 10.0. The van der Waals surface area contributed by atoms with Gasteiger partial charge >= 0.3 is 12.1 Å². The number of hydrogen-bond acceptors (Lipinski definition) is 4. The molecule has 0 bridgehead atoms. The molecule has 19 heavy (non-hydrogen) atoms. The molecule has 1 aromatic rings. The van der Waals surface area contributed by atoms with Gasteiger partial charge in [0.05, 0.1) is 18.4 Å². The topological polar surface area (TPSA) is 78.9 Å². The van der Waals surface area contributed by atoms with Gasteiger partial charge in [0.25, 0.3) is 0 Å². The number of hydrogen-bond donors (Lipinski definition) is 2. The van der Waals surface area contributed by atoms with Gasteiger partial charge in [-0.05, 0) is 18.2 Å². The Morgan fingerprint density at radius 1 is 1.32 bits per heavy atom. The number of ether oxygens (including phenoxy) is 1. The normalized spacial score (nSPS) is 13.5. The van der Waals surface area contributed by atoms with Crippen LogP contribution in [0.1, 0.15) is 15.9 Å². The molecule has 0 saturated carbocycles. The predicted octanol–water partition coefficient (Wildman–Crippen LogP) is 1.83. The lowest BCUT2D eigenvalue weighted by molar-refractivity contribution is 0.0696. The molecule has 1 amide bonds. The number of benzene rings is 1. The van der Waals surface area contributed by atoms with Gasteiger partial charge in [0, 0.05) is 11.8 Å². The van der Waals surface area contributed by atoms with Crippen LogP contribution in [0.15, 0.2) is 42.6 Å². The molecule has 0 spiro atoms. The van der Waals surface area contributed by atoms with Gasteiger partial charge in [-0.1, -0.05) is 18.2 Å². The molecular weight excluding hydrogens is 248 g/mol. The van der Waals surface area contributed by atoms with Crippen LogP contribution in [0.25, 0.3) is 5.70 Å². The molecule has 0 radical (unpaired) electrons. The molecule has 1 aliphatic rings. The van der Waals surface area contributed by atoms with Crippen LogP contribution in [0.4, 0.5) is 4.79 Å². The summed E-state index contributed by atoms with van der Waals surface area (Å²) in [7, 11) is 1.26. The van der Waals surface area contributed by atoms with Gasteiger partial charge in [-0.15, -0.1) is 0 Å². The van der Waals surface area contributed by atoms with E-state index in [4.69, 9.17) is 5.11 Å². The van der Waals surface area contributed by atoms with Gasteiger partial charge < -0.3 is 9.84 Å².